The number of thioether (sulfide) groups is 2. The van der Waals surface area contributed by atoms with Crippen LogP contribution in [0.25, 0.3) is 0 Å². The molecule has 29 heavy (non-hydrogen) atoms. The Balaban J connectivity index is 1.63. The van der Waals surface area contributed by atoms with Gasteiger partial charge >= 0.3 is 0 Å². The summed E-state index contributed by atoms with van der Waals surface area (Å²) in [4.78, 5) is 17.6. The Labute approximate surface area is 183 Å². The van der Waals surface area contributed by atoms with Gasteiger partial charge in [-0.3, -0.25) is 4.79 Å². The Morgan fingerprint density at radius 2 is 0.966 bits per heavy atom. The Hall–Kier alpha value is -2.47. The summed E-state index contributed by atoms with van der Waals surface area (Å²) in [6, 6.07) is 29.9. The summed E-state index contributed by atoms with van der Waals surface area (Å²) in [6.07, 6.45) is 3.76. The van der Waals surface area contributed by atoms with E-state index in [9.17, 15) is 4.79 Å². The van der Waals surface area contributed by atoms with Crippen LogP contribution in [0, 0.1) is 0 Å². The van der Waals surface area contributed by atoms with Gasteiger partial charge in [-0.2, -0.15) is 0 Å². The van der Waals surface area contributed by atoms with Crippen molar-refractivity contribution in [2.45, 2.75) is 14.7 Å². The fraction of sp³-hybridized carbons (Fsp3) is 0. The van der Waals surface area contributed by atoms with Gasteiger partial charge in [-0.1, -0.05) is 78.1 Å². The molecule has 0 atom stereocenters. The lowest BCUT2D eigenvalue weighted by Gasteiger charge is -2.14. The monoisotopic (exact) mass is 431 g/mol. The number of carbonyl (C=O) groups excluding carboxylic acids is 1. The number of hydrogen-bond acceptors (Lipinski definition) is 5. The van der Waals surface area contributed by atoms with Gasteiger partial charge in [0.1, 0.15) is 0 Å². The summed E-state index contributed by atoms with van der Waals surface area (Å²) < 4.78 is 4.67. The third kappa shape index (κ3) is 5.54. The lowest BCUT2D eigenvalue weighted by Crippen LogP contribution is -2.10. The second kappa shape index (κ2) is 9.83. The first-order chi connectivity index (χ1) is 14.3. The van der Waals surface area contributed by atoms with E-state index in [4.69, 9.17) is 0 Å². The molecule has 142 valence electrons. The van der Waals surface area contributed by atoms with Crippen molar-refractivity contribution in [1.82, 2.24) is 0 Å². The fourth-order valence-corrected chi connectivity index (χ4v) is 5.10. The van der Waals surface area contributed by atoms with Crippen LogP contribution >= 0.6 is 35.5 Å². The standard InChI is InChI=1S/C24H17NOS3/c26-24-22(27-19-10-4-1-5-11-19)16-18(25-29-21-14-8-3-9-15-21)17-23(24)28-20-12-6-2-7-13-20/h1-17H. The zero-order valence-corrected chi connectivity index (χ0v) is 17.8. The molecular formula is C24H17NOS3. The fourth-order valence-electron chi connectivity index (χ4n) is 2.58. The highest BCUT2D eigenvalue weighted by Gasteiger charge is 2.23. The van der Waals surface area contributed by atoms with Gasteiger partial charge in [0, 0.05) is 26.6 Å². The topological polar surface area (TPSA) is 29.4 Å². The average Bonchev–Trinajstić information content (AvgIpc) is 2.77. The third-order valence-corrected chi connectivity index (χ3v) is 6.79. The minimum absolute atomic E-state index is 0.0383. The quantitative estimate of drug-likeness (QED) is 0.308. The molecule has 0 fully saturated rings. The predicted molar refractivity (Wildman–Crippen MR) is 126 cm³/mol. The zero-order valence-electron chi connectivity index (χ0n) is 15.4. The number of carbonyl (C=O) groups is 1. The highest BCUT2D eigenvalue weighted by atomic mass is 32.2. The average molecular weight is 432 g/mol. The zero-order chi connectivity index (χ0) is 19.9. The third-order valence-electron chi connectivity index (χ3n) is 3.95. The van der Waals surface area contributed by atoms with Crippen molar-refractivity contribution in [3.05, 3.63) is 113 Å². The molecule has 1 aliphatic rings. The summed E-state index contributed by atoms with van der Waals surface area (Å²) in [5.41, 5.74) is 0.787. The molecule has 3 aromatic carbocycles. The van der Waals surface area contributed by atoms with Gasteiger partial charge in [-0.05, 0) is 48.6 Å². The van der Waals surface area contributed by atoms with Crippen LogP contribution in [0.2, 0.25) is 0 Å². The predicted octanol–water partition coefficient (Wildman–Crippen LogP) is 7.07. The molecule has 0 aliphatic heterocycles. The Morgan fingerprint density at radius 1 is 0.552 bits per heavy atom. The molecule has 2 nitrogen and oxygen atoms in total. The van der Waals surface area contributed by atoms with Crippen molar-refractivity contribution in [2.24, 2.45) is 4.40 Å². The van der Waals surface area contributed by atoms with Crippen LogP contribution in [0.1, 0.15) is 0 Å². The molecule has 0 amide bonds. The van der Waals surface area contributed by atoms with Crippen LogP contribution in [-0.2, 0) is 4.79 Å². The van der Waals surface area contributed by atoms with Crippen molar-refractivity contribution in [3.8, 4) is 0 Å². The second-order valence-electron chi connectivity index (χ2n) is 6.10. The van der Waals surface area contributed by atoms with Gasteiger partial charge in [-0.25, -0.2) is 4.40 Å². The molecule has 0 unspecified atom stereocenters. The smallest absolute Gasteiger partial charge is 0.206 e. The van der Waals surface area contributed by atoms with Crippen LogP contribution in [0.4, 0.5) is 0 Å². The maximum Gasteiger partial charge on any atom is 0.206 e. The van der Waals surface area contributed by atoms with E-state index >= 15 is 0 Å². The Morgan fingerprint density at radius 3 is 1.41 bits per heavy atom. The van der Waals surface area contributed by atoms with E-state index < -0.39 is 0 Å². The molecule has 0 bridgehead atoms. The SMILES string of the molecule is O=C1C(Sc2ccccc2)=CC(=NSc2ccccc2)C=C1Sc1ccccc1. The molecule has 0 N–H and O–H groups in total. The number of allylic oxidation sites excluding steroid dienone is 4. The highest BCUT2D eigenvalue weighted by molar-refractivity contribution is 8.06. The lowest BCUT2D eigenvalue weighted by atomic mass is 10.1. The van der Waals surface area contributed by atoms with E-state index in [2.05, 4.69) is 4.40 Å². The van der Waals surface area contributed by atoms with Crippen molar-refractivity contribution in [1.29, 1.82) is 0 Å². The van der Waals surface area contributed by atoms with Crippen molar-refractivity contribution >= 4 is 47.0 Å². The number of benzene rings is 3. The first-order valence-corrected chi connectivity index (χ1v) is 11.4. The minimum Gasteiger partial charge on any atom is -0.287 e. The van der Waals surface area contributed by atoms with Gasteiger partial charge in [0.25, 0.3) is 0 Å². The number of rotatable bonds is 6. The van der Waals surface area contributed by atoms with E-state index in [0.29, 0.717) is 9.81 Å². The maximum absolute atomic E-state index is 13.1. The summed E-state index contributed by atoms with van der Waals surface area (Å²) in [7, 11) is 0. The van der Waals surface area contributed by atoms with Crippen LogP contribution in [0.3, 0.4) is 0 Å². The molecule has 5 heteroatoms. The first kappa shape index (κ1) is 19.8. The van der Waals surface area contributed by atoms with E-state index in [0.717, 1.165) is 20.4 Å². The molecule has 4 rings (SSSR count). The molecule has 3 aromatic rings. The number of Topliss-reactive ketones (excluding diaryl/α,β-unsaturated/α-hetero) is 1. The summed E-state index contributed by atoms with van der Waals surface area (Å²) >= 11 is 4.37. The highest BCUT2D eigenvalue weighted by Crippen LogP contribution is 2.37. The van der Waals surface area contributed by atoms with Gasteiger partial charge in [0.2, 0.25) is 5.78 Å². The van der Waals surface area contributed by atoms with Gasteiger partial charge < -0.3 is 0 Å². The molecule has 0 saturated carbocycles. The summed E-state index contributed by atoms with van der Waals surface area (Å²) in [6.45, 7) is 0. The van der Waals surface area contributed by atoms with Crippen molar-refractivity contribution < 1.29 is 4.79 Å². The number of hydrogen-bond donors (Lipinski definition) is 0. The van der Waals surface area contributed by atoms with Crippen LogP contribution in [-0.4, -0.2) is 11.5 Å². The minimum atomic E-state index is 0.0383. The Bertz CT molecular complexity index is 1010. The Kier molecular flexibility index (Phi) is 6.72. The lowest BCUT2D eigenvalue weighted by molar-refractivity contribution is -0.111. The molecule has 0 saturated heterocycles. The second-order valence-corrected chi connectivity index (χ2v) is 9.16. The van der Waals surface area contributed by atoms with Gasteiger partial charge in [0.05, 0.1) is 15.5 Å². The normalized spacial score (nSPS) is 13.7. The molecule has 0 aromatic heterocycles. The molecule has 0 radical (unpaired) electrons. The molecule has 0 spiro atoms. The number of nitrogens with zero attached hydrogens (tertiary/aromatic N) is 1. The van der Waals surface area contributed by atoms with Gasteiger partial charge in [-0.15, -0.1) is 0 Å². The largest absolute Gasteiger partial charge is 0.287 e. The van der Waals surface area contributed by atoms with E-state index in [1.54, 1.807) is 0 Å². The maximum atomic E-state index is 13.1. The molecule has 0 heterocycles. The molecular weight excluding hydrogens is 414 g/mol. The van der Waals surface area contributed by atoms with Crippen LogP contribution in [0.15, 0.2) is 132 Å². The van der Waals surface area contributed by atoms with Crippen LogP contribution < -0.4 is 0 Å². The number of ketones is 1. The van der Waals surface area contributed by atoms with Crippen LogP contribution in [0.5, 0.6) is 0 Å². The van der Waals surface area contributed by atoms with Crippen molar-refractivity contribution in [2.75, 3.05) is 0 Å². The van der Waals surface area contributed by atoms with E-state index in [1.165, 1.54) is 35.5 Å². The molecule has 1 aliphatic carbocycles. The summed E-state index contributed by atoms with van der Waals surface area (Å²) in [5, 5.41) is 0. The van der Waals surface area contributed by atoms with Gasteiger partial charge in [0.15, 0.2) is 0 Å². The van der Waals surface area contributed by atoms with E-state index in [1.807, 2.05) is 103 Å². The van der Waals surface area contributed by atoms with Crippen molar-refractivity contribution in [3.63, 3.8) is 0 Å². The van der Waals surface area contributed by atoms with E-state index in [-0.39, 0.29) is 5.78 Å². The summed E-state index contributed by atoms with van der Waals surface area (Å²) in [5.74, 6) is 0.0383. The first-order valence-electron chi connectivity index (χ1n) is 9.02.